The van der Waals surface area contributed by atoms with Crippen LogP contribution in [0.3, 0.4) is 0 Å². The van der Waals surface area contributed by atoms with Crippen LogP contribution >= 0.6 is 0 Å². The lowest BCUT2D eigenvalue weighted by atomic mass is 10.0. The Morgan fingerprint density at radius 3 is 2.76 bits per heavy atom. The first kappa shape index (κ1) is 15.2. The zero-order valence-electron chi connectivity index (χ0n) is 12.6. The second kappa shape index (κ2) is 6.49. The summed E-state index contributed by atoms with van der Waals surface area (Å²) in [5, 5.41) is 7.16. The van der Waals surface area contributed by atoms with Crippen molar-refractivity contribution in [3.8, 4) is 11.3 Å². The molecule has 0 saturated heterocycles. The zero-order valence-corrected chi connectivity index (χ0v) is 12.6. The molecule has 0 aromatic carbocycles. The number of aryl methyl sites for hydroxylation is 2. The number of amides is 1. The second-order valence-corrected chi connectivity index (χ2v) is 5.04. The molecule has 0 fully saturated rings. The van der Waals surface area contributed by atoms with Gasteiger partial charge >= 0.3 is 0 Å². The topological polar surface area (TPSA) is 85.8 Å². The number of carbonyl (C=O) groups excluding carboxylic acids is 1. The lowest BCUT2D eigenvalue weighted by Crippen LogP contribution is -2.33. The maximum absolute atomic E-state index is 11.5. The van der Waals surface area contributed by atoms with Crippen LogP contribution in [0.2, 0.25) is 0 Å². The summed E-state index contributed by atoms with van der Waals surface area (Å²) in [6.07, 6.45) is 6.20. The Morgan fingerprint density at radius 1 is 1.43 bits per heavy atom. The van der Waals surface area contributed by atoms with Gasteiger partial charge in [-0.2, -0.15) is 5.10 Å². The van der Waals surface area contributed by atoms with Crippen LogP contribution in [0, 0.1) is 6.92 Å². The molecule has 2 heterocycles. The fraction of sp³-hybridized carbons (Fsp3) is 0.400. The predicted molar refractivity (Wildman–Crippen MR) is 81.4 cm³/mol. The van der Waals surface area contributed by atoms with E-state index in [4.69, 9.17) is 5.73 Å². The average molecular weight is 287 g/mol. The highest BCUT2D eigenvalue weighted by molar-refractivity contribution is 5.78. The third-order valence-corrected chi connectivity index (χ3v) is 3.49. The van der Waals surface area contributed by atoms with Crippen LogP contribution in [0.5, 0.6) is 0 Å². The van der Waals surface area contributed by atoms with Crippen molar-refractivity contribution in [1.82, 2.24) is 20.1 Å². The number of nitrogens with zero attached hydrogens (tertiary/aromatic N) is 3. The molecular weight excluding hydrogens is 266 g/mol. The number of aromatic nitrogens is 3. The van der Waals surface area contributed by atoms with Crippen molar-refractivity contribution in [2.75, 3.05) is 6.54 Å². The van der Waals surface area contributed by atoms with Gasteiger partial charge in [0.1, 0.15) is 0 Å². The number of nitrogens with one attached hydrogen (secondary N) is 1. The molecule has 6 heteroatoms. The van der Waals surface area contributed by atoms with E-state index >= 15 is 0 Å². The largest absolute Gasteiger partial charge is 0.348 e. The normalized spacial score (nSPS) is 12.2. The number of rotatable bonds is 5. The second-order valence-electron chi connectivity index (χ2n) is 5.04. The Morgan fingerprint density at radius 2 is 2.19 bits per heavy atom. The van der Waals surface area contributed by atoms with Gasteiger partial charge in [0.05, 0.1) is 24.5 Å². The lowest BCUT2D eigenvalue weighted by Gasteiger charge is -2.17. The third kappa shape index (κ3) is 3.28. The highest BCUT2D eigenvalue weighted by Crippen LogP contribution is 2.25. The molecule has 6 nitrogen and oxygen atoms in total. The summed E-state index contributed by atoms with van der Waals surface area (Å²) in [5.74, 6) is -0.163. The van der Waals surface area contributed by atoms with Crippen LogP contribution in [-0.2, 0) is 11.8 Å². The Balaban J connectivity index is 2.35. The smallest absolute Gasteiger partial charge is 0.234 e. The van der Waals surface area contributed by atoms with E-state index in [-0.39, 0.29) is 18.5 Å². The van der Waals surface area contributed by atoms with Crippen molar-refractivity contribution in [2.45, 2.75) is 26.3 Å². The standard InChI is InChI=1S/C15H21N5O/c1-4-13(19-14(21)6-16)11-5-12(9-17-8-11)15-10(2)7-18-20(15)3/h5,7-9,13H,4,6,16H2,1-3H3,(H,19,21). The summed E-state index contributed by atoms with van der Waals surface area (Å²) in [7, 11) is 1.91. The van der Waals surface area contributed by atoms with E-state index in [9.17, 15) is 4.79 Å². The molecule has 21 heavy (non-hydrogen) atoms. The molecule has 1 atom stereocenters. The molecule has 0 aliphatic carbocycles. The zero-order chi connectivity index (χ0) is 15.4. The van der Waals surface area contributed by atoms with Crippen LogP contribution in [0.1, 0.15) is 30.5 Å². The molecule has 0 aliphatic rings. The minimum absolute atomic E-state index is 0.00947. The van der Waals surface area contributed by atoms with Crippen molar-refractivity contribution in [1.29, 1.82) is 0 Å². The minimum atomic E-state index is -0.163. The Hall–Kier alpha value is -2.21. The summed E-state index contributed by atoms with van der Waals surface area (Å²) in [4.78, 5) is 15.8. The molecule has 2 aromatic rings. The van der Waals surface area contributed by atoms with Crippen molar-refractivity contribution < 1.29 is 4.79 Å². The molecular formula is C15H21N5O. The van der Waals surface area contributed by atoms with Crippen LogP contribution in [0.25, 0.3) is 11.3 Å². The van der Waals surface area contributed by atoms with Gasteiger partial charge < -0.3 is 11.1 Å². The van der Waals surface area contributed by atoms with Gasteiger partial charge in [-0.05, 0) is 30.5 Å². The average Bonchev–Trinajstić information content (AvgIpc) is 2.83. The highest BCUT2D eigenvalue weighted by atomic mass is 16.1. The fourth-order valence-electron chi connectivity index (χ4n) is 2.41. The van der Waals surface area contributed by atoms with E-state index in [0.717, 1.165) is 28.8 Å². The van der Waals surface area contributed by atoms with Gasteiger partial charge in [-0.3, -0.25) is 14.5 Å². The SMILES string of the molecule is CCC(NC(=O)CN)c1cncc(-c2c(C)cnn2C)c1. The summed E-state index contributed by atoms with van der Waals surface area (Å²) in [6.45, 7) is 4.02. The Labute approximate surface area is 124 Å². The van der Waals surface area contributed by atoms with E-state index in [1.54, 1.807) is 6.20 Å². The minimum Gasteiger partial charge on any atom is -0.348 e. The number of pyridine rings is 1. The van der Waals surface area contributed by atoms with Gasteiger partial charge in [0.25, 0.3) is 0 Å². The van der Waals surface area contributed by atoms with Gasteiger partial charge in [-0.25, -0.2) is 0 Å². The van der Waals surface area contributed by atoms with Crippen LogP contribution in [0.4, 0.5) is 0 Å². The molecule has 0 saturated carbocycles. The highest BCUT2D eigenvalue weighted by Gasteiger charge is 2.15. The molecule has 1 unspecified atom stereocenters. The van der Waals surface area contributed by atoms with E-state index in [1.165, 1.54) is 0 Å². The monoisotopic (exact) mass is 287 g/mol. The van der Waals surface area contributed by atoms with Crippen molar-refractivity contribution in [3.05, 3.63) is 35.8 Å². The van der Waals surface area contributed by atoms with Gasteiger partial charge in [-0.15, -0.1) is 0 Å². The predicted octanol–water partition coefficient (Wildman–Crippen LogP) is 1.32. The van der Waals surface area contributed by atoms with Crippen molar-refractivity contribution in [2.24, 2.45) is 12.8 Å². The molecule has 2 aromatic heterocycles. The Kier molecular flexibility index (Phi) is 4.70. The van der Waals surface area contributed by atoms with Gasteiger partial charge in [0.2, 0.25) is 5.91 Å². The summed E-state index contributed by atoms with van der Waals surface area (Å²) in [6, 6.07) is 1.96. The molecule has 0 spiro atoms. The van der Waals surface area contributed by atoms with E-state index in [2.05, 4.69) is 15.4 Å². The summed E-state index contributed by atoms with van der Waals surface area (Å²) in [5.41, 5.74) is 9.45. The molecule has 0 aliphatic heterocycles. The van der Waals surface area contributed by atoms with Gasteiger partial charge in [0.15, 0.2) is 0 Å². The molecule has 112 valence electrons. The number of hydrogen-bond donors (Lipinski definition) is 2. The third-order valence-electron chi connectivity index (χ3n) is 3.49. The van der Waals surface area contributed by atoms with Gasteiger partial charge in [0, 0.05) is 25.0 Å². The van der Waals surface area contributed by atoms with Crippen LogP contribution in [-0.4, -0.2) is 27.2 Å². The van der Waals surface area contributed by atoms with E-state index in [1.807, 2.05) is 44.0 Å². The van der Waals surface area contributed by atoms with Crippen LogP contribution in [0.15, 0.2) is 24.7 Å². The summed E-state index contributed by atoms with van der Waals surface area (Å²) < 4.78 is 1.83. The van der Waals surface area contributed by atoms with E-state index < -0.39 is 0 Å². The van der Waals surface area contributed by atoms with Gasteiger partial charge in [-0.1, -0.05) is 6.92 Å². The Bertz CT molecular complexity index is 615. The molecule has 0 radical (unpaired) electrons. The number of carbonyl (C=O) groups is 1. The summed E-state index contributed by atoms with van der Waals surface area (Å²) >= 11 is 0. The maximum Gasteiger partial charge on any atom is 0.234 e. The molecule has 0 bridgehead atoms. The first-order valence-electron chi connectivity index (χ1n) is 7.00. The van der Waals surface area contributed by atoms with Crippen molar-refractivity contribution in [3.63, 3.8) is 0 Å². The number of hydrogen-bond acceptors (Lipinski definition) is 4. The fourth-order valence-corrected chi connectivity index (χ4v) is 2.41. The first-order chi connectivity index (χ1) is 10.1. The quantitative estimate of drug-likeness (QED) is 0.868. The van der Waals surface area contributed by atoms with E-state index in [0.29, 0.717) is 0 Å². The lowest BCUT2D eigenvalue weighted by molar-refractivity contribution is -0.120. The molecule has 3 N–H and O–H groups in total. The maximum atomic E-state index is 11.5. The van der Waals surface area contributed by atoms with Crippen molar-refractivity contribution >= 4 is 5.91 Å². The molecule has 1 amide bonds. The van der Waals surface area contributed by atoms with Crippen LogP contribution < -0.4 is 11.1 Å². The molecule has 2 rings (SSSR count). The number of nitrogens with two attached hydrogens (primary N) is 1. The first-order valence-corrected chi connectivity index (χ1v) is 7.00.